The maximum atomic E-state index is 11.3. The third-order valence-electron chi connectivity index (χ3n) is 14.2. The summed E-state index contributed by atoms with van der Waals surface area (Å²) in [7, 11) is 4.31. The number of aromatic nitrogens is 3. The van der Waals surface area contributed by atoms with Crippen molar-refractivity contribution in [3.8, 4) is 0 Å². The van der Waals surface area contributed by atoms with E-state index >= 15 is 0 Å². The van der Waals surface area contributed by atoms with Crippen molar-refractivity contribution in [2.45, 2.75) is 105 Å². The monoisotopic (exact) mass is 836 g/mol. The Bertz CT molecular complexity index is 2340. The number of allylic oxidation sites excluding steroid dienone is 3. The Morgan fingerprint density at radius 2 is 1.75 bits per heavy atom. The molecule has 1 aromatic carbocycles. The van der Waals surface area contributed by atoms with Gasteiger partial charge in [-0.15, -0.1) is 0 Å². The van der Waals surface area contributed by atoms with Crippen molar-refractivity contribution in [1.29, 1.82) is 5.41 Å². The number of carbonyl (C=O) groups is 1. The normalized spacial score (nSPS) is 28.8. The molecule has 14 heteroatoms. The van der Waals surface area contributed by atoms with Crippen LogP contribution >= 0.6 is 11.3 Å². The van der Waals surface area contributed by atoms with Gasteiger partial charge in [-0.25, -0.2) is 9.98 Å². The first-order valence-electron chi connectivity index (χ1n) is 21.4. The molecule has 320 valence electrons. The number of nitrogens with two attached hydrogens (primary N) is 1. The Labute approximate surface area is 357 Å². The molecule has 2 aliphatic heterocycles. The van der Waals surface area contributed by atoms with Gasteiger partial charge in [-0.3, -0.25) is 14.9 Å². The Balaban J connectivity index is 1.01. The van der Waals surface area contributed by atoms with Crippen LogP contribution in [0.3, 0.4) is 0 Å². The summed E-state index contributed by atoms with van der Waals surface area (Å²) >= 11 is 1.47. The van der Waals surface area contributed by atoms with Crippen LogP contribution in [0.2, 0.25) is 0 Å². The molecule has 7 N–H and O–H groups in total. The molecule has 4 saturated carbocycles. The zero-order valence-corrected chi connectivity index (χ0v) is 36.9. The number of aliphatic hydroxyl groups excluding tert-OH is 1. The van der Waals surface area contributed by atoms with Gasteiger partial charge >= 0.3 is 5.97 Å². The standard InChI is InChI=1S/C46H61N9O4S/c1-29(39(47)52-42-50-34-12-7-8-13-35(34)60-42)31-11-9-18-53(40(31)48)36-15-14-32(38(51-36)41(58)59)33-21-49-54(30(33)2)28-46-25-43(3)22-44(4,26-46)24-45(23-43,27-46)17-10-19-55(5,6)20-16-37(56)57/h7-8,12-15,21H,9-11,16-20,22-28H2,1-6H3,(H6-,47,48,50,51,52,56,57,58,59)/p+1. The first kappa shape index (κ1) is 41.8. The third-order valence-corrected chi connectivity index (χ3v) is 15.2. The van der Waals surface area contributed by atoms with Crippen LogP contribution in [0, 0.1) is 34.0 Å². The van der Waals surface area contributed by atoms with E-state index in [0.717, 1.165) is 63.0 Å². The summed E-state index contributed by atoms with van der Waals surface area (Å²) in [6.07, 6.45) is 16.9. The number of quaternary nitrogens is 1. The lowest BCUT2D eigenvalue weighted by atomic mass is 9.35. The summed E-state index contributed by atoms with van der Waals surface area (Å²) in [4.78, 5) is 22.4. The van der Waals surface area contributed by atoms with Crippen LogP contribution in [0.5, 0.6) is 0 Å². The van der Waals surface area contributed by atoms with Crippen molar-refractivity contribution < 1.29 is 24.6 Å². The van der Waals surface area contributed by atoms with Crippen LogP contribution in [0.1, 0.15) is 103 Å². The molecule has 9 rings (SSSR count). The fourth-order valence-corrected chi connectivity index (χ4v) is 13.8. The Kier molecular flexibility index (Phi) is 10.6. The number of nitrogens with one attached hydrogen (secondary N) is 2. The zero-order valence-electron chi connectivity index (χ0n) is 36.1. The van der Waals surface area contributed by atoms with E-state index in [-0.39, 0.29) is 39.6 Å². The smallest absolute Gasteiger partial charge is 0.309 e. The molecular weight excluding hydrogens is 775 g/mol. The summed E-state index contributed by atoms with van der Waals surface area (Å²) in [5.41, 5.74) is 12.5. The topological polar surface area (TPSA) is 186 Å². The largest absolute Gasteiger partial charge is 0.481 e. The number of piperidine rings is 1. The third kappa shape index (κ3) is 8.12. The van der Waals surface area contributed by atoms with E-state index in [0.29, 0.717) is 41.9 Å². The van der Waals surface area contributed by atoms with E-state index < -0.39 is 11.9 Å². The van der Waals surface area contributed by atoms with Crippen LogP contribution < -0.4 is 11.1 Å². The maximum Gasteiger partial charge on any atom is 0.309 e. The SMILES string of the molecule is CC(=C1\CCCN(C2=CC=C(c3cnn(CC45CC6(C)CC(C)(CC(CCC[N+](C)(C)CCC(=O)O)(C6)C4)C5)c3C)C(=C(O)O)N2)C1=N)/C(N)=N\c1nc2ccccc2s1. The highest BCUT2D eigenvalue weighted by Crippen LogP contribution is 2.75. The highest BCUT2D eigenvalue weighted by Gasteiger charge is 2.65. The van der Waals surface area contributed by atoms with Gasteiger partial charge in [0.2, 0.25) is 5.13 Å². The fourth-order valence-electron chi connectivity index (χ4n) is 12.9. The van der Waals surface area contributed by atoms with Crippen molar-refractivity contribution in [3.05, 3.63) is 82.5 Å². The van der Waals surface area contributed by atoms with Gasteiger partial charge < -0.3 is 35.8 Å². The molecule has 60 heavy (non-hydrogen) atoms. The van der Waals surface area contributed by atoms with Crippen molar-refractivity contribution in [2.75, 3.05) is 33.7 Å². The van der Waals surface area contributed by atoms with Gasteiger partial charge in [-0.05, 0) is 130 Å². The molecule has 0 radical (unpaired) electrons. The average Bonchev–Trinajstić information content (AvgIpc) is 3.73. The number of aliphatic carboxylic acids is 1. The second-order valence-corrected chi connectivity index (χ2v) is 21.2. The number of likely N-dealkylation sites (tertiary alicyclic amines) is 1. The molecular formula is C46H62N9O4S+. The number of hydrogen-bond donors (Lipinski definition) is 6. The summed E-state index contributed by atoms with van der Waals surface area (Å²) in [6.45, 7) is 12.0. The van der Waals surface area contributed by atoms with Gasteiger partial charge in [0.25, 0.3) is 5.95 Å². The highest BCUT2D eigenvalue weighted by molar-refractivity contribution is 7.22. The lowest BCUT2D eigenvalue weighted by Crippen LogP contribution is -2.60. The molecule has 2 aromatic heterocycles. The van der Waals surface area contributed by atoms with Crippen molar-refractivity contribution in [2.24, 2.45) is 32.4 Å². The molecule has 2 unspecified atom stereocenters. The molecule has 6 aliphatic rings. The minimum atomic E-state index is -0.824. The Morgan fingerprint density at radius 1 is 1.03 bits per heavy atom. The minimum Gasteiger partial charge on any atom is -0.481 e. The quantitative estimate of drug-likeness (QED) is 0.0424. The molecule has 13 nitrogen and oxygen atoms in total. The predicted octanol–water partition coefficient (Wildman–Crippen LogP) is 8.69. The van der Waals surface area contributed by atoms with Gasteiger partial charge in [-0.1, -0.05) is 37.3 Å². The van der Waals surface area contributed by atoms with Gasteiger partial charge in [0.15, 0.2) is 0 Å². The van der Waals surface area contributed by atoms with Gasteiger partial charge in [0.05, 0.1) is 50.0 Å². The van der Waals surface area contributed by atoms with Crippen LogP contribution in [0.25, 0.3) is 15.8 Å². The first-order valence-corrected chi connectivity index (χ1v) is 22.3. The summed E-state index contributed by atoms with van der Waals surface area (Å²) in [5, 5.41) is 48.7. The van der Waals surface area contributed by atoms with E-state index in [4.69, 9.17) is 10.8 Å². The van der Waals surface area contributed by atoms with E-state index in [1.165, 1.54) is 56.3 Å². The number of thiazole rings is 1. The van der Waals surface area contributed by atoms with E-state index in [9.17, 15) is 25.5 Å². The molecule has 3 aromatic rings. The molecule has 1 saturated heterocycles. The van der Waals surface area contributed by atoms with Gasteiger partial charge in [0, 0.05) is 35.5 Å². The summed E-state index contributed by atoms with van der Waals surface area (Å²) in [5.74, 6) is -0.374. The molecule has 2 atom stereocenters. The van der Waals surface area contributed by atoms with Crippen LogP contribution in [0.4, 0.5) is 5.13 Å². The zero-order chi connectivity index (χ0) is 42.8. The lowest BCUT2D eigenvalue weighted by Gasteiger charge is -2.70. The molecule has 0 amide bonds. The Morgan fingerprint density at radius 3 is 2.45 bits per heavy atom. The number of hydrogen-bond acceptors (Lipinski definition) is 9. The van der Waals surface area contributed by atoms with E-state index in [2.05, 4.69) is 54.8 Å². The van der Waals surface area contributed by atoms with Crippen molar-refractivity contribution >= 4 is 49.9 Å². The van der Waals surface area contributed by atoms with Gasteiger partial charge in [-0.2, -0.15) is 5.10 Å². The number of aliphatic imine (C=N–C) groups is 1. The second kappa shape index (κ2) is 15.2. The molecule has 5 fully saturated rings. The second-order valence-electron chi connectivity index (χ2n) is 20.2. The fraction of sp³-hybridized carbons (Fsp3) is 0.543. The van der Waals surface area contributed by atoms with Crippen molar-refractivity contribution in [1.82, 2.24) is 25.0 Å². The summed E-state index contributed by atoms with van der Waals surface area (Å²) < 4.78 is 3.92. The highest BCUT2D eigenvalue weighted by atomic mass is 32.1. The lowest BCUT2D eigenvalue weighted by molar-refractivity contribution is -0.890. The number of rotatable bonds is 13. The molecule has 0 spiro atoms. The number of dihydropyridines is 1. The number of benzene rings is 1. The number of aliphatic hydroxyl groups is 2. The number of fused-ring (bicyclic) bond motifs is 1. The number of carboxylic acids is 1. The molecule has 4 bridgehead atoms. The number of carboxylic acid groups (broad SMARTS) is 1. The number of para-hydroxylation sites is 1. The van der Waals surface area contributed by atoms with E-state index in [1.807, 2.05) is 54.4 Å². The maximum absolute atomic E-state index is 11.3. The van der Waals surface area contributed by atoms with Crippen LogP contribution in [0.15, 0.2) is 76.2 Å². The van der Waals surface area contributed by atoms with Gasteiger partial charge in [0.1, 0.15) is 23.2 Å². The number of amidine groups is 2. The van der Waals surface area contributed by atoms with Crippen molar-refractivity contribution in [3.63, 3.8) is 0 Å². The minimum absolute atomic E-state index is 0.116. The first-order chi connectivity index (χ1) is 28.3. The number of nitrogens with zero attached hydrogens (tertiary/aromatic N) is 6. The Hall–Kier alpha value is -4.95. The molecule has 4 heterocycles. The average molecular weight is 837 g/mol. The predicted molar refractivity (Wildman–Crippen MR) is 238 cm³/mol. The summed E-state index contributed by atoms with van der Waals surface area (Å²) in [6, 6.07) is 7.87. The molecule has 4 aliphatic carbocycles. The van der Waals surface area contributed by atoms with E-state index in [1.54, 1.807) is 0 Å². The van der Waals surface area contributed by atoms with Crippen LogP contribution in [-0.4, -0.2) is 90.8 Å². The van der Waals surface area contributed by atoms with Crippen LogP contribution in [-0.2, 0) is 11.3 Å².